The molecule has 78 valence electrons. The number of hydrogen-bond acceptors (Lipinski definition) is 7. The van der Waals surface area contributed by atoms with Crippen LogP contribution in [0.1, 0.15) is 0 Å². The summed E-state index contributed by atoms with van der Waals surface area (Å²) in [5, 5.41) is 3.91. The Labute approximate surface area is 84.9 Å². The molecule has 2 heterocycles. The van der Waals surface area contributed by atoms with Crippen molar-refractivity contribution < 1.29 is 4.74 Å². The van der Waals surface area contributed by atoms with Crippen molar-refractivity contribution >= 4 is 11.8 Å². The van der Waals surface area contributed by atoms with Crippen LogP contribution in [0.3, 0.4) is 0 Å². The predicted molar refractivity (Wildman–Crippen MR) is 51.9 cm³/mol. The van der Waals surface area contributed by atoms with Crippen molar-refractivity contribution in [2.24, 2.45) is 7.05 Å². The summed E-state index contributed by atoms with van der Waals surface area (Å²) in [6, 6.07) is 1.61. The van der Waals surface area contributed by atoms with Gasteiger partial charge in [0, 0.05) is 13.1 Å². The van der Waals surface area contributed by atoms with Gasteiger partial charge in [-0.05, 0) is 0 Å². The summed E-state index contributed by atoms with van der Waals surface area (Å²) in [5.41, 5.74) is 10.9. The first-order chi connectivity index (χ1) is 7.13. The molecule has 8 nitrogen and oxygen atoms in total. The molecule has 0 amide bonds. The third-order valence-corrected chi connectivity index (χ3v) is 1.51. The van der Waals surface area contributed by atoms with Gasteiger partial charge in [-0.2, -0.15) is 15.0 Å². The maximum absolute atomic E-state index is 5.46. The van der Waals surface area contributed by atoms with Crippen molar-refractivity contribution in [3.05, 3.63) is 12.4 Å². The zero-order chi connectivity index (χ0) is 10.8. The van der Waals surface area contributed by atoms with E-state index in [0.717, 1.165) is 0 Å². The second kappa shape index (κ2) is 3.40. The van der Waals surface area contributed by atoms with Crippen LogP contribution in [-0.2, 0) is 7.05 Å². The lowest BCUT2D eigenvalue weighted by molar-refractivity contribution is 0.423. The molecule has 8 heteroatoms. The van der Waals surface area contributed by atoms with Crippen molar-refractivity contribution in [3.8, 4) is 11.9 Å². The zero-order valence-corrected chi connectivity index (χ0v) is 7.95. The lowest BCUT2D eigenvalue weighted by atomic mass is 10.6. The Kier molecular flexibility index (Phi) is 2.08. The third-order valence-electron chi connectivity index (χ3n) is 1.51. The molecule has 15 heavy (non-hydrogen) atoms. The molecule has 2 aromatic rings. The highest BCUT2D eigenvalue weighted by Gasteiger charge is 2.05. The van der Waals surface area contributed by atoms with Crippen LogP contribution in [-0.4, -0.2) is 24.7 Å². The molecule has 0 aliphatic rings. The van der Waals surface area contributed by atoms with E-state index in [2.05, 4.69) is 20.1 Å². The molecule has 0 fully saturated rings. The minimum atomic E-state index is 0.0425. The standard InChI is InChI=1S/C7H9N7O/c1-14-3-10-7(13-14)15-5-2-4(8)11-6(9)12-5/h2-3H,1H3,(H4,8,9,11,12). The number of anilines is 2. The molecule has 0 atom stereocenters. The molecule has 0 aromatic carbocycles. The van der Waals surface area contributed by atoms with Crippen LogP contribution in [0.25, 0.3) is 0 Å². The van der Waals surface area contributed by atoms with Gasteiger partial charge in [-0.1, -0.05) is 0 Å². The Hall–Kier alpha value is -2.38. The highest BCUT2D eigenvalue weighted by atomic mass is 16.5. The van der Waals surface area contributed by atoms with Crippen LogP contribution < -0.4 is 16.2 Å². The van der Waals surface area contributed by atoms with Gasteiger partial charge in [-0.15, -0.1) is 5.10 Å². The second-order valence-electron chi connectivity index (χ2n) is 2.79. The van der Waals surface area contributed by atoms with Crippen molar-refractivity contribution in [1.29, 1.82) is 0 Å². The molecule has 0 spiro atoms. The summed E-state index contributed by atoms with van der Waals surface area (Å²) in [6.07, 6.45) is 1.50. The van der Waals surface area contributed by atoms with Gasteiger partial charge in [0.25, 0.3) is 0 Å². The number of aryl methyl sites for hydroxylation is 1. The molecule has 0 aliphatic carbocycles. The molecular formula is C7H9N7O. The van der Waals surface area contributed by atoms with E-state index in [0.29, 0.717) is 0 Å². The van der Waals surface area contributed by atoms with Crippen molar-refractivity contribution in [1.82, 2.24) is 24.7 Å². The van der Waals surface area contributed by atoms with E-state index >= 15 is 0 Å². The molecule has 2 aromatic heterocycles. The average molecular weight is 207 g/mol. The summed E-state index contributed by atoms with van der Waals surface area (Å²) in [6.45, 7) is 0. The number of hydrogen-bond donors (Lipinski definition) is 2. The van der Waals surface area contributed by atoms with E-state index in [-0.39, 0.29) is 23.7 Å². The minimum absolute atomic E-state index is 0.0425. The van der Waals surface area contributed by atoms with E-state index in [1.54, 1.807) is 7.05 Å². The fraction of sp³-hybridized carbons (Fsp3) is 0.143. The largest absolute Gasteiger partial charge is 0.404 e. The van der Waals surface area contributed by atoms with Gasteiger partial charge in [0.05, 0.1) is 0 Å². The maximum Gasteiger partial charge on any atom is 0.342 e. The predicted octanol–water partition coefficient (Wildman–Crippen LogP) is -0.438. The lowest BCUT2D eigenvalue weighted by Crippen LogP contribution is -2.01. The molecular weight excluding hydrogens is 198 g/mol. The molecule has 0 bridgehead atoms. The van der Waals surface area contributed by atoms with E-state index in [1.165, 1.54) is 17.1 Å². The van der Waals surface area contributed by atoms with Gasteiger partial charge in [-0.25, -0.2) is 0 Å². The van der Waals surface area contributed by atoms with E-state index in [4.69, 9.17) is 16.2 Å². The second-order valence-corrected chi connectivity index (χ2v) is 2.79. The van der Waals surface area contributed by atoms with E-state index < -0.39 is 0 Å². The smallest absolute Gasteiger partial charge is 0.342 e. The van der Waals surface area contributed by atoms with Crippen molar-refractivity contribution in [3.63, 3.8) is 0 Å². The molecule has 0 aliphatic heterocycles. The number of nitrogens with two attached hydrogens (primary N) is 2. The van der Waals surface area contributed by atoms with Gasteiger partial charge in [-0.3, -0.25) is 4.68 Å². The molecule has 0 radical (unpaired) electrons. The van der Waals surface area contributed by atoms with Crippen molar-refractivity contribution in [2.75, 3.05) is 11.5 Å². The number of nitrogens with zero attached hydrogens (tertiary/aromatic N) is 5. The monoisotopic (exact) mass is 207 g/mol. The van der Waals surface area contributed by atoms with Gasteiger partial charge in [0.1, 0.15) is 12.1 Å². The van der Waals surface area contributed by atoms with Crippen LogP contribution in [0.5, 0.6) is 11.9 Å². The molecule has 0 saturated carbocycles. The quantitative estimate of drug-likeness (QED) is 0.685. The number of aromatic nitrogens is 5. The normalized spacial score (nSPS) is 10.2. The fourth-order valence-electron chi connectivity index (χ4n) is 0.973. The Balaban J connectivity index is 2.24. The van der Waals surface area contributed by atoms with Crippen LogP contribution in [0, 0.1) is 0 Å². The van der Waals surface area contributed by atoms with Crippen LogP contribution >= 0.6 is 0 Å². The summed E-state index contributed by atoms with van der Waals surface area (Å²) in [4.78, 5) is 11.4. The first-order valence-corrected chi connectivity index (χ1v) is 4.07. The van der Waals surface area contributed by atoms with Gasteiger partial charge in [0.2, 0.25) is 11.8 Å². The van der Waals surface area contributed by atoms with Gasteiger partial charge < -0.3 is 16.2 Å². The lowest BCUT2D eigenvalue weighted by Gasteiger charge is -2.01. The van der Waals surface area contributed by atoms with E-state index in [9.17, 15) is 0 Å². The summed E-state index contributed by atoms with van der Waals surface area (Å²) in [5.74, 6) is 0.487. The van der Waals surface area contributed by atoms with Crippen LogP contribution in [0.15, 0.2) is 12.4 Å². The molecule has 4 N–H and O–H groups in total. The topological polar surface area (TPSA) is 118 Å². The molecule has 0 unspecified atom stereocenters. The Morgan fingerprint density at radius 3 is 2.73 bits per heavy atom. The Morgan fingerprint density at radius 1 is 1.33 bits per heavy atom. The summed E-state index contributed by atoms with van der Waals surface area (Å²) >= 11 is 0. The maximum atomic E-state index is 5.46. The Morgan fingerprint density at radius 2 is 2.13 bits per heavy atom. The zero-order valence-electron chi connectivity index (χ0n) is 7.95. The summed E-state index contributed by atoms with van der Waals surface area (Å²) < 4.78 is 6.71. The highest BCUT2D eigenvalue weighted by Crippen LogP contribution is 2.16. The molecule has 0 saturated heterocycles. The van der Waals surface area contributed by atoms with Crippen LogP contribution in [0.4, 0.5) is 11.8 Å². The average Bonchev–Trinajstić information content (AvgIpc) is 2.49. The Bertz CT molecular complexity index is 460. The summed E-state index contributed by atoms with van der Waals surface area (Å²) in [7, 11) is 1.72. The van der Waals surface area contributed by atoms with Gasteiger partial charge >= 0.3 is 6.01 Å². The fourth-order valence-corrected chi connectivity index (χ4v) is 0.973. The molecule has 2 rings (SSSR count). The first kappa shape index (κ1) is 9.19. The van der Waals surface area contributed by atoms with Crippen molar-refractivity contribution in [2.45, 2.75) is 0 Å². The highest BCUT2D eigenvalue weighted by molar-refractivity contribution is 5.38. The van der Waals surface area contributed by atoms with E-state index in [1.807, 2.05) is 0 Å². The first-order valence-electron chi connectivity index (χ1n) is 4.07. The number of rotatable bonds is 2. The SMILES string of the molecule is Cn1cnc(Oc2cc(N)nc(N)n2)n1. The third kappa shape index (κ3) is 2.10. The van der Waals surface area contributed by atoms with Crippen LogP contribution in [0.2, 0.25) is 0 Å². The number of ether oxygens (including phenoxy) is 1. The minimum Gasteiger partial charge on any atom is -0.404 e. The van der Waals surface area contributed by atoms with Gasteiger partial charge in [0.15, 0.2) is 0 Å². The number of nitrogen functional groups attached to an aromatic ring is 2.